The van der Waals surface area contributed by atoms with Crippen LogP contribution in [0.4, 0.5) is 9.39 Å². The molecule has 2 aliphatic carbocycles. The first-order chi connectivity index (χ1) is 14.0. The van der Waals surface area contributed by atoms with Gasteiger partial charge in [0.25, 0.3) is 5.78 Å². The van der Waals surface area contributed by atoms with Gasteiger partial charge in [0.15, 0.2) is 17.3 Å². The van der Waals surface area contributed by atoms with Gasteiger partial charge in [0.2, 0.25) is 5.78 Å². The Labute approximate surface area is 182 Å². The molecular formula is C20H20ClFN4O3S. The molecule has 1 aromatic heterocycles. The predicted molar refractivity (Wildman–Crippen MR) is 111 cm³/mol. The third-order valence-electron chi connectivity index (χ3n) is 6.44. The Hall–Kier alpha value is -2.23. The zero-order valence-electron chi connectivity index (χ0n) is 16.0. The van der Waals surface area contributed by atoms with Crippen molar-refractivity contribution in [2.75, 3.05) is 18.0 Å². The highest BCUT2D eigenvalue weighted by Crippen LogP contribution is 2.51. The number of hydrogen-bond acceptors (Lipinski definition) is 8. The number of fused-ring (bicyclic) bond motifs is 3. The Balaban J connectivity index is 0.00000193. The van der Waals surface area contributed by atoms with Gasteiger partial charge in [-0.05, 0) is 30.8 Å². The number of anilines is 1. The lowest BCUT2D eigenvalue weighted by Crippen LogP contribution is -2.52. The third-order valence-corrected chi connectivity index (χ3v) is 7.28. The van der Waals surface area contributed by atoms with E-state index in [0.29, 0.717) is 30.9 Å². The van der Waals surface area contributed by atoms with E-state index in [1.807, 2.05) is 22.1 Å². The van der Waals surface area contributed by atoms with Crippen LogP contribution in [0, 0.1) is 5.92 Å². The average Bonchev–Trinajstić information content (AvgIpc) is 3.35. The van der Waals surface area contributed by atoms with E-state index in [1.165, 1.54) is 11.5 Å². The second-order valence-corrected chi connectivity index (χ2v) is 8.97. The Kier molecular flexibility index (Phi) is 4.53. The van der Waals surface area contributed by atoms with E-state index in [9.17, 15) is 9.59 Å². The van der Waals surface area contributed by atoms with Crippen molar-refractivity contribution in [1.29, 1.82) is 0 Å². The lowest BCUT2D eigenvalue weighted by molar-refractivity contribution is -0.137. The zero-order chi connectivity index (χ0) is 19.9. The molecule has 1 saturated heterocycles. The number of nitrogens with zero attached hydrogens (tertiary/aromatic N) is 3. The molecule has 0 saturated carbocycles. The Morgan fingerprint density at radius 3 is 2.90 bits per heavy atom. The van der Waals surface area contributed by atoms with Crippen molar-refractivity contribution in [3.63, 3.8) is 0 Å². The van der Waals surface area contributed by atoms with E-state index in [2.05, 4.69) is 4.37 Å². The highest BCUT2D eigenvalue weighted by molar-refractivity contribution is 7.10. The van der Waals surface area contributed by atoms with Crippen molar-refractivity contribution < 1.29 is 18.7 Å². The van der Waals surface area contributed by atoms with Gasteiger partial charge in [-0.25, -0.2) is 4.39 Å². The summed E-state index contributed by atoms with van der Waals surface area (Å²) in [6.07, 6.45) is 5.92. The van der Waals surface area contributed by atoms with Crippen LogP contribution < -0.4 is 10.6 Å². The minimum absolute atomic E-state index is 0. The molecule has 4 heterocycles. The number of carbonyl (C=O) groups is 2. The van der Waals surface area contributed by atoms with Crippen LogP contribution >= 0.6 is 23.9 Å². The summed E-state index contributed by atoms with van der Waals surface area (Å²) >= 11 is 1.33. The van der Waals surface area contributed by atoms with Gasteiger partial charge in [0.05, 0.1) is 11.4 Å². The fourth-order valence-electron chi connectivity index (χ4n) is 5.08. The average molecular weight is 451 g/mol. The fourth-order valence-corrected chi connectivity index (χ4v) is 5.92. The fraction of sp³-hybridized carbons (Fsp3) is 0.450. The van der Waals surface area contributed by atoms with E-state index >= 15 is 4.39 Å². The minimum atomic E-state index is -0.669. The van der Waals surface area contributed by atoms with Crippen molar-refractivity contribution in [1.82, 2.24) is 9.27 Å². The lowest BCUT2D eigenvalue weighted by Gasteiger charge is -2.48. The molecule has 10 heteroatoms. The van der Waals surface area contributed by atoms with Gasteiger partial charge in [-0.1, -0.05) is 6.08 Å². The molecule has 6 rings (SSSR count). The van der Waals surface area contributed by atoms with Gasteiger partial charge in [0, 0.05) is 43.2 Å². The van der Waals surface area contributed by atoms with E-state index < -0.39 is 17.4 Å². The number of halogens is 2. The third kappa shape index (κ3) is 2.61. The van der Waals surface area contributed by atoms with E-state index in [4.69, 9.17) is 10.5 Å². The number of carbonyl (C=O) groups excluding carboxylic acids is 2. The highest BCUT2D eigenvalue weighted by atomic mass is 35.5. The summed E-state index contributed by atoms with van der Waals surface area (Å²) in [5, 5.41) is 0.912. The maximum atomic E-state index is 15.7. The summed E-state index contributed by atoms with van der Waals surface area (Å²) in [7, 11) is 0. The monoisotopic (exact) mass is 450 g/mol. The number of rotatable bonds is 1. The van der Waals surface area contributed by atoms with Crippen LogP contribution in [0.25, 0.3) is 0 Å². The SMILES string of the molecule is Cl.NC1CCN(C2=CC3Cc4cnsc4N4C5=C(OC(=C2F)C34)C(=O)C(=O)CC5)C1. The molecule has 7 nitrogen and oxygen atoms in total. The second kappa shape index (κ2) is 6.90. The maximum absolute atomic E-state index is 15.7. The van der Waals surface area contributed by atoms with Crippen molar-refractivity contribution in [2.45, 2.75) is 37.8 Å². The van der Waals surface area contributed by atoms with E-state index in [0.717, 1.165) is 23.4 Å². The van der Waals surface area contributed by atoms with E-state index in [1.54, 1.807) is 0 Å². The first kappa shape index (κ1) is 19.7. The number of aromatic nitrogens is 1. The van der Waals surface area contributed by atoms with Gasteiger partial charge in [-0.2, -0.15) is 4.37 Å². The summed E-state index contributed by atoms with van der Waals surface area (Å²) in [5.74, 6) is -1.52. The summed E-state index contributed by atoms with van der Waals surface area (Å²) in [6, 6.07) is -0.344. The van der Waals surface area contributed by atoms with Gasteiger partial charge in [-0.15, -0.1) is 12.4 Å². The molecule has 3 atom stereocenters. The molecule has 3 unspecified atom stereocenters. The molecule has 0 bridgehead atoms. The number of allylic oxidation sites excluding steroid dienone is 3. The Bertz CT molecular complexity index is 1060. The lowest BCUT2D eigenvalue weighted by atomic mass is 9.80. The first-order valence-electron chi connectivity index (χ1n) is 9.86. The Morgan fingerprint density at radius 1 is 1.30 bits per heavy atom. The molecule has 0 radical (unpaired) electrons. The van der Waals surface area contributed by atoms with Crippen LogP contribution in [0.15, 0.2) is 41.0 Å². The smallest absolute Gasteiger partial charge is 0.265 e. The Morgan fingerprint density at radius 2 is 2.13 bits per heavy atom. The normalized spacial score (nSPS) is 29.8. The molecule has 1 fully saturated rings. The quantitative estimate of drug-likeness (QED) is 0.656. The van der Waals surface area contributed by atoms with Gasteiger partial charge < -0.3 is 20.3 Å². The van der Waals surface area contributed by atoms with Crippen LogP contribution in [-0.2, 0) is 20.7 Å². The number of hydrogen-bond donors (Lipinski definition) is 1. The van der Waals surface area contributed by atoms with Gasteiger partial charge in [-0.3, -0.25) is 9.59 Å². The molecule has 0 amide bonds. The predicted octanol–water partition coefficient (Wildman–Crippen LogP) is 2.20. The van der Waals surface area contributed by atoms with Gasteiger partial charge >= 0.3 is 0 Å². The van der Waals surface area contributed by atoms with Crippen LogP contribution in [0.2, 0.25) is 0 Å². The summed E-state index contributed by atoms with van der Waals surface area (Å²) < 4.78 is 25.9. The molecule has 158 valence electrons. The largest absolute Gasteiger partial charge is 0.450 e. The summed E-state index contributed by atoms with van der Waals surface area (Å²) in [4.78, 5) is 28.6. The number of ketones is 2. The number of nitrogens with two attached hydrogens (primary N) is 1. The first-order valence-corrected chi connectivity index (χ1v) is 10.6. The van der Waals surface area contributed by atoms with Crippen molar-refractivity contribution >= 4 is 40.5 Å². The second-order valence-electron chi connectivity index (χ2n) is 8.19. The minimum Gasteiger partial charge on any atom is -0.450 e. The molecule has 0 spiro atoms. The van der Waals surface area contributed by atoms with E-state index in [-0.39, 0.29) is 48.3 Å². The van der Waals surface area contributed by atoms with Crippen molar-refractivity contribution in [3.8, 4) is 0 Å². The molecular weight excluding hydrogens is 431 g/mol. The molecule has 0 aromatic carbocycles. The summed E-state index contributed by atoms with van der Waals surface area (Å²) in [5.41, 5.74) is 8.27. The molecule has 5 aliphatic rings. The molecule has 3 aliphatic heterocycles. The highest BCUT2D eigenvalue weighted by Gasteiger charge is 2.51. The summed E-state index contributed by atoms with van der Waals surface area (Å²) in [6.45, 7) is 1.27. The molecule has 2 N–H and O–H groups in total. The van der Waals surface area contributed by atoms with Gasteiger partial charge in [0.1, 0.15) is 11.0 Å². The van der Waals surface area contributed by atoms with Crippen LogP contribution in [0.1, 0.15) is 24.8 Å². The van der Waals surface area contributed by atoms with Crippen LogP contribution in [0.5, 0.6) is 0 Å². The van der Waals surface area contributed by atoms with Crippen LogP contribution in [0.3, 0.4) is 0 Å². The van der Waals surface area contributed by atoms with Crippen LogP contribution in [-0.4, -0.2) is 46.0 Å². The standard InChI is InChI=1S/C20H19FN4O3S.ClH/c21-15-13(24-4-3-11(22)8-24)6-9-5-10-7-23-29-20(10)25-12-1-2-14(26)17(27)18(12)28-19(15)16(9)25;/h6-7,9,11,16H,1-5,8,22H2;1H. The van der Waals surface area contributed by atoms with Crippen molar-refractivity contribution in [3.05, 3.63) is 46.6 Å². The molecule has 1 aromatic rings. The van der Waals surface area contributed by atoms with Crippen molar-refractivity contribution in [2.24, 2.45) is 11.7 Å². The topological polar surface area (TPSA) is 88.8 Å². The zero-order valence-corrected chi connectivity index (χ0v) is 17.6. The number of ether oxygens (including phenoxy) is 1. The molecule has 30 heavy (non-hydrogen) atoms. The number of Topliss-reactive ketones (excluding diaryl/α,β-unsaturated/α-hetero) is 2. The maximum Gasteiger partial charge on any atom is 0.265 e. The number of likely N-dealkylation sites (tertiary alicyclic amines) is 1.